The summed E-state index contributed by atoms with van der Waals surface area (Å²) in [6.07, 6.45) is 3.19. The summed E-state index contributed by atoms with van der Waals surface area (Å²) in [6, 6.07) is 6.19. The van der Waals surface area contributed by atoms with Gasteiger partial charge in [-0.15, -0.1) is 0 Å². The molecular weight excluding hydrogens is 333 g/mol. The molecule has 0 saturated heterocycles. The van der Waals surface area contributed by atoms with Crippen LogP contribution in [0, 0.1) is 0 Å². The molecular formula is C13H13Cl2N3O2S. The Hall–Kier alpha value is -1.34. The van der Waals surface area contributed by atoms with Gasteiger partial charge >= 0.3 is 0 Å². The molecule has 0 aliphatic rings. The van der Waals surface area contributed by atoms with Gasteiger partial charge in [-0.3, -0.25) is 4.98 Å². The van der Waals surface area contributed by atoms with E-state index >= 15 is 0 Å². The van der Waals surface area contributed by atoms with Crippen LogP contribution in [0.25, 0.3) is 0 Å². The Balaban J connectivity index is 2.38. The minimum atomic E-state index is -3.82. The van der Waals surface area contributed by atoms with Crippen molar-refractivity contribution in [3.05, 3.63) is 52.3 Å². The van der Waals surface area contributed by atoms with E-state index in [0.29, 0.717) is 5.69 Å². The van der Waals surface area contributed by atoms with E-state index in [1.54, 1.807) is 24.5 Å². The first kappa shape index (κ1) is 16.0. The fraction of sp³-hybridized carbons (Fsp3) is 0.154. The number of halogens is 2. The highest BCUT2D eigenvalue weighted by Gasteiger charge is 2.27. The standard InChI is InChI=1S/C13H13Cl2N3O2S/c1-18(8-9-2-4-17-5-3-9)21(19,20)13-11(14)6-10(16)7-12(13)15/h2-7H,8,16H2,1H3. The predicted octanol–water partition coefficient (Wildman–Crippen LogP) is 2.79. The van der Waals surface area contributed by atoms with Crippen molar-refractivity contribution in [3.63, 3.8) is 0 Å². The zero-order chi connectivity index (χ0) is 15.6. The molecule has 0 aliphatic heterocycles. The van der Waals surface area contributed by atoms with Crippen LogP contribution in [0.4, 0.5) is 5.69 Å². The van der Waals surface area contributed by atoms with E-state index in [9.17, 15) is 8.42 Å². The van der Waals surface area contributed by atoms with Crippen molar-refractivity contribution in [1.82, 2.24) is 9.29 Å². The van der Waals surface area contributed by atoms with Crippen molar-refractivity contribution in [1.29, 1.82) is 0 Å². The van der Waals surface area contributed by atoms with E-state index in [2.05, 4.69) is 4.98 Å². The lowest BCUT2D eigenvalue weighted by atomic mass is 10.3. The lowest BCUT2D eigenvalue weighted by Crippen LogP contribution is -2.27. The molecule has 0 unspecified atom stereocenters. The van der Waals surface area contributed by atoms with Gasteiger partial charge in [0, 0.05) is 31.7 Å². The van der Waals surface area contributed by atoms with E-state index in [-0.39, 0.29) is 21.5 Å². The molecule has 1 aromatic carbocycles. The van der Waals surface area contributed by atoms with Gasteiger partial charge in [-0.25, -0.2) is 8.42 Å². The summed E-state index contributed by atoms with van der Waals surface area (Å²) in [5.74, 6) is 0. The molecule has 5 nitrogen and oxygen atoms in total. The van der Waals surface area contributed by atoms with Gasteiger partial charge in [-0.05, 0) is 29.8 Å². The SMILES string of the molecule is CN(Cc1ccncc1)S(=O)(=O)c1c(Cl)cc(N)cc1Cl. The zero-order valence-corrected chi connectivity index (χ0v) is 13.5. The second-order valence-corrected chi connectivity index (χ2v) is 7.23. The summed E-state index contributed by atoms with van der Waals surface area (Å²) in [6.45, 7) is 0.182. The first-order chi connectivity index (χ1) is 9.82. The molecule has 0 spiro atoms. The number of hydrogen-bond acceptors (Lipinski definition) is 4. The summed E-state index contributed by atoms with van der Waals surface area (Å²) >= 11 is 12.0. The maximum Gasteiger partial charge on any atom is 0.246 e. The number of aromatic nitrogens is 1. The van der Waals surface area contributed by atoms with E-state index < -0.39 is 10.0 Å². The second-order valence-electron chi connectivity index (χ2n) is 4.43. The number of pyridine rings is 1. The Bertz CT molecular complexity index is 728. The van der Waals surface area contributed by atoms with Crippen LogP contribution in [-0.2, 0) is 16.6 Å². The molecule has 0 radical (unpaired) electrons. The number of benzene rings is 1. The minimum absolute atomic E-state index is 0.00146. The van der Waals surface area contributed by atoms with Crippen molar-refractivity contribution in [3.8, 4) is 0 Å². The van der Waals surface area contributed by atoms with Crippen molar-refractivity contribution < 1.29 is 8.42 Å². The number of nitrogens with two attached hydrogens (primary N) is 1. The number of nitrogen functional groups attached to an aromatic ring is 1. The first-order valence-electron chi connectivity index (χ1n) is 5.92. The van der Waals surface area contributed by atoms with Crippen LogP contribution in [0.3, 0.4) is 0 Å². The topological polar surface area (TPSA) is 76.3 Å². The second kappa shape index (κ2) is 6.19. The Labute approximate surface area is 133 Å². The quantitative estimate of drug-likeness (QED) is 0.864. The number of sulfonamides is 1. The fourth-order valence-electron chi connectivity index (χ4n) is 1.81. The van der Waals surface area contributed by atoms with Crippen molar-refractivity contribution in [2.45, 2.75) is 11.4 Å². The highest BCUT2D eigenvalue weighted by atomic mass is 35.5. The molecule has 0 fully saturated rings. The summed E-state index contributed by atoms with van der Waals surface area (Å²) < 4.78 is 26.4. The Morgan fingerprint density at radius 1 is 1.19 bits per heavy atom. The average molecular weight is 346 g/mol. The van der Waals surface area contributed by atoms with Gasteiger partial charge in [-0.2, -0.15) is 4.31 Å². The Morgan fingerprint density at radius 2 is 1.71 bits per heavy atom. The van der Waals surface area contributed by atoms with Crippen LogP contribution in [-0.4, -0.2) is 24.8 Å². The largest absolute Gasteiger partial charge is 0.399 e. The summed E-state index contributed by atoms with van der Waals surface area (Å²) in [7, 11) is -2.36. The van der Waals surface area contributed by atoms with E-state index in [4.69, 9.17) is 28.9 Å². The molecule has 2 N–H and O–H groups in total. The van der Waals surface area contributed by atoms with Gasteiger partial charge in [0.25, 0.3) is 0 Å². The van der Waals surface area contributed by atoms with Crippen LogP contribution in [0.15, 0.2) is 41.6 Å². The lowest BCUT2D eigenvalue weighted by molar-refractivity contribution is 0.466. The maximum atomic E-state index is 12.6. The monoisotopic (exact) mass is 345 g/mol. The highest BCUT2D eigenvalue weighted by Crippen LogP contribution is 2.33. The molecule has 1 aromatic heterocycles. The third-order valence-electron chi connectivity index (χ3n) is 2.84. The molecule has 2 aromatic rings. The van der Waals surface area contributed by atoms with Crippen molar-refractivity contribution in [2.24, 2.45) is 0 Å². The third-order valence-corrected chi connectivity index (χ3v) is 5.57. The third kappa shape index (κ3) is 3.47. The Kier molecular flexibility index (Phi) is 4.73. The normalized spacial score (nSPS) is 11.8. The highest BCUT2D eigenvalue weighted by molar-refractivity contribution is 7.89. The molecule has 8 heteroatoms. The van der Waals surface area contributed by atoms with Crippen molar-refractivity contribution in [2.75, 3.05) is 12.8 Å². The molecule has 0 aliphatic carbocycles. The summed E-state index contributed by atoms with van der Waals surface area (Å²) in [5.41, 5.74) is 6.70. The maximum absolute atomic E-state index is 12.6. The molecule has 0 amide bonds. The molecule has 112 valence electrons. The summed E-state index contributed by atoms with van der Waals surface area (Å²) in [5, 5.41) is 0.00292. The van der Waals surface area contributed by atoms with Gasteiger partial charge in [0.1, 0.15) is 4.90 Å². The molecule has 0 bridgehead atoms. The van der Waals surface area contributed by atoms with Crippen molar-refractivity contribution >= 4 is 38.9 Å². The smallest absolute Gasteiger partial charge is 0.246 e. The van der Waals surface area contributed by atoms with Crippen LogP contribution in [0.2, 0.25) is 10.0 Å². The molecule has 0 atom stereocenters. The number of hydrogen-bond donors (Lipinski definition) is 1. The molecule has 21 heavy (non-hydrogen) atoms. The Morgan fingerprint density at radius 3 is 2.24 bits per heavy atom. The van der Waals surface area contributed by atoms with Gasteiger partial charge < -0.3 is 5.73 Å². The van der Waals surface area contributed by atoms with Gasteiger partial charge in [0.2, 0.25) is 10.0 Å². The van der Waals surface area contributed by atoms with Crippen LogP contribution >= 0.6 is 23.2 Å². The van der Waals surface area contributed by atoms with Crippen LogP contribution < -0.4 is 5.73 Å². The number of nitrogens with zero attached hydrogens (tertiary/aromatic N) is 2. The molecule has 2 rings (SSSR count). The van der Waals surface area contributed by atoms with Gasteiger partial charge in [0.05, 0.1) is 10.0 Å². The number of rotatable bonds is 4. The van der Waals surface area contributed by atoms with Gasteiger partial charge in [-0.1, -0.05) is 23.2 Å². The van der Waals surface area contributed by atoms with Gasteiger partial charge in [0.15, 0.2) is 0 Å². The lowest BCUT2D eigenvalue weighted by Gasteiger charge is -2.19. The van der Waals surface area contributed by atoms with Crippen LogP contribution in [0.1, 0.15) is 5.56 Å². The summed E-state index contributed by atoms with van der Waals surface area (Å²) in [4.78, 5) is 3.74. The van der Waals surface area contributed by atoms with E-state index in [0.717, 1.165) is 5.56 Å². The molecule has 0 saturated carbocycles. The van der Waals surface area contributed by atoms with E-state index in [1.807, 2.05) is 0 Å². The predicted molar refractivity (Wildman–Crippen MR) is 83.8 cm³/mol. The zero-order valence-electron chi connectivity index (χ0n) is 11.1. The number of anilines is 1. The fourth-order valence-corrected chi connectivity index (χ4v) is 4.14. The van der Waals surface area contributed by atoms with E-state index in [1.165, 1.54) is 23.5 Å². The van der Waals surface area contributed by atoms with Crippen LogP contribution in [0.5, 0.6) is 0 Å². The molecule has 1 heterocycles. The average Bonchev–Trinajstić information content (AvgIpc) is 2.38. The minimum Gasteiger partial charge on any atom is -0.399 e. The first-order valence-corrected chi connectivity index (χ1v) is 8.11.